The number of ether oxygens (including phenoxy) is 1. The molecule has 2 unspecified atom stereocenters. The lowest BCUT2D eigenvalue weighted by atomic mass is 9.71. The molecule has 0 radical (unpaired) electrons. The van der Waals surface area contributed by atoms with Crippen LogP contribution in [-0.2, 0) is 11.3 Å². The Kier molecular flexibility index (Phi) is 7.77. The molecule has 0 bridgehead atoms. The predicted octanol–water partition coefficient (Wildman–Crippen LogP) is 5.09. The minimum atomic E-state index is -2.90. The zero-order valence-electron chi connectivity index (χ0n) is 20.6. The molecule has 5 nitrogen and oxygen atoms in total. The molecule has 1 heterocycles. The van der Waals surface area contributed by atoms with Crippen LogP contribution < -0.4 is 10.1 Å². The molecule has 1 saturated heterocycles. The number of piperidine rings is 1. The summed E-state index contributed by atoms with van der Waals surface area (Å²) >= 11 is 0. The Morgan fingerprint density at radius 3 is 2.51 bits per heavy atom. The second-order valence-corrected chi connectivity index (χ2v) is 10.5. The average molecular weight is 487 g/mol. The highest BCUT2D eigenvalue weighted by Crippen LogP contribution is 2.49. The Hall–Kier alpha value is -2.51. The largest absolute Gasteiger partial charge is 0.435 e. The van der Waals surface area contributed by atoms with E-state index < -0.39 is 17.6 Å². The highest BCUT2D eigenvalue weighted by Gasteiger charge is 2.55. The van der Waals surface area contributed by atoms with Gasteiger partial charge in [0, 0.05) is 12.6 Å². The first-order valence-electron chi connectivity index (χ1n) is 12.5. The number of nitrogens with zero attached hydrogens (tertiary/aromatic N) is 1. The number of halogens is 2. The smallest absolute Gasteiger partial charge is 0.387 e. The van der Waals surface area contributed by atoms with Gasteiger partial charge in [-0.1, -0.05) is 42.5 Å². The van der Waals surface area contributed by atoms with Crippen molar-refractivity contribution in [2.24, 2.45) is 5.41 Å². The lowest BCUT2D eigenvalue weighted by Gasteiger charge is -2.41. The quantitative estimate of drug-likeness (QED) is 0.546. The van der Waals surface area contributed by atoms with Crippen LogP contribution in [-0.4, -0.2) is 47.3 Å². The van der Waals surface area contributed by atoms with Crippen LogP contribution in [0.25, 0.3) is 0 Å². The van der Waals surface area contributed by atoms with Gasteiger partial charge in [0.2, 0.25) is 5.91 Å². The van der Waals surface area contributed by atoms with Crippen molar-refractivity contribution in [1.82, 2.24) is 10.2 Å². The summed E-state index contributed by atoms with van der Waals surface area (Å²) < 4.78 is 29.5. The van der Waals surface area contributed by atoms with Crippen molar-refractivity contribution in [2.45, 2.75) is 76.7 Å². The molecule has 1 aliphatic heterocycles. The van der Waals surface area contributed by atoms with Gasteiger partial charge in [-0.25, -0.2) is 0 Å². The summed E-state index contributed by atoms with van der Waals surface area (Å²) in [6, 6.07) is 17.2. The van der Waals surface area contributed by atoms with Crippen molar-refractivity contribution >= 4 is 5.91 Å². The topological polar surface area (TPSA) is 61.8 Å². The number of hydrogen-bond acceptors (Lipinski definition) is 4. The van der Waals surface area contributed by atoms with Crippen molar-refractivity contribution < 1.29 is 23.4 Å². The van der Waals surface area contributed by atoms with E-state index in [0.29, 0.717) is 24.3 Å². The molecule has 7 heteroatoms. The number of carbonyl (C=O) groups is 1. The molecule has 2 aliphatic rings. The molecule has 2 fully saturated rings. The molecular formula is C28H36F2N2O3. The van der Waals surface area contributed by atoms with E-state index >= 15 is 0 Å². The van der Waals surface area contributed by atoms with Gasteiger partial charge in [-0.3, -0.25) is 4.79 Å². The lowest BCUT2D eigenvalue weighted by molar-refractivity contribution is -0.147. The Balaban J connectivity index is 1.38. The van der Waals surface area contributed by atoms with Crippen molar-refractivity contribution in [3.63, 3.8) is 0 Å². The number of amides is 1. The molecule has 1 aliphatic carbocycles. The number of alkyl halides is 2. The Morgan fingerprint density at radius 1 is 1.14 bits per heavy atom. The van der Waals surface area contributed by atoms with E-state index in [1.807, 2.05) is 6.07 Å². The minimum Gasteiger partial charge on any atom is -0.435 e. The molecule has 2 aromatic carbocycles. The second-order valence-electron chi connectivity index (χ2n) is 10.5. The summed E-state index contributed by atoms with van der Waals surface area (Å²) in [6.45, 7) is 2.70. The SMILES string of the molecule is CC(C)(O)C1(C(=O)NCc2cccc(OC(F)F)c2)CCC(N2CCC(c3ccccc3)CC2)C1. The third-order valence-electron chi connectivity index (χ3n) is 7.99. The van der Waals surface area contributed by atoms with E-state index in [9.17, 15) is 18.7 Å². The van der Waals surface area contributed by atoms with Gasteiger partial charge >= 0.3 is 6.61 Å². The van der Waals surface area contributed by atoms with Crippen LogP contribution in [0.3, 0.4) is 0 Å². The summed E-state index contributed by atoms with van der Waals surface area (Å²) in [5, 5.41) is 14.1. The van der Waals surface area contributed by atoms with Crippen LogP contribution in [0.1, 0.15) is 63.0 Å². The fourth-order valence-corrected chi connectivity index (χ4v) is 5.88. The van der Waals surface area contributed by atoms with Gasteiger partial charge < -0.3 is 20.1 Å². The maximum Gasteiger partial charge on any atom is 0.387 e. The van der Waals surface area contributed by atoms with E-state index in [0.717, 1.165) is 32.4 Å². The number of aliphatic hydroxyl groups is 1. The monoisotopic (exact) mass is 486 g/mol. The molecule has 1 saturated carbocycles. The van der Waals surface area contributed by atoms with Crippen molar-refractivity contribution in [3.8, 4) is 5.75 Å². The van der Waals surface area contributed by atoms with Gasteiger partial charge in [-0.05, 0) is 88.2 Å². The van der Waals surface area contributed by atoms with E-state index in [1.54, 1.807) is 26.0 Å². The standard InChI is InChI=1S/C28H36F2N2O3/c1-27(2,34)28(25(33)31-19-20-7-6-10-24(17-20)35-26(29)30)14-11-23(18-28)32-15-12-22(13-16-32)21-8-4-3-5-9-21/h3-10,17,22-23,26,34H,11-16,18-19H2,1-2H3,(H,31,33). The van der Waals surface area contributed by atoms with E-state index in [1.165, 1.54) is 17.7 Å². The van der Waals surface area contributed by atoms with Gasteiger partial charge in [0.25, 0.3) is 0 Å². The molecule has 2 atom stereocenters. The molecule has 1 amide bonds. The van der Waals surface area contributed by atoms with Crippen LogP contribution in [0.4, 0.5) is 8.78 Å². The van der Waals surface area contributed by atoms with Crippen molar-refractivity contribution in [3.05, 3.63) is 65.7 Å². The molecule has 2 aromatic rings. The van der Waals surface area contributed by atoms with Crippen LogP contribution in [0.2, 0.25) is 0 Å². The fraction of sp³-hybridized carbons (Fsp3) is 0.536. The highest BCUT2D eigenvalue weighted by atomic mass is 19.3. The van der Waals surface area contributed by atoms with Crippen LogP contribution in [0.5, 0.6) is 5.75 Å². The van der Waals surface area contributed by atoms with Gasteiger partial charge in [-0.15, -0.1) is 0 Å². The Labute approximate surface area is 206 Å². The number of carbonyl (C=O) groups excluding carboxylic acids is 1. The minimum absolute atomic E-state index is 0.0591. The molecule has 0 aromatic heterocycles. The zero-order chi connectivity index (χ0) is 25.1. The number of rotatable bonds is 8. The fourth-order valence-electron chi connectivity index (χ4n) is 5.88. The third kappa shape index (κ3) is 5.84. The van der Waals surface area contributed by atoms with Crippen LogP contribution in [0.15, 0.2) is 54.6 Å². The van der Waals surface area contributed by atoms with Crippen LogP contribution in [0, 0.1) is 5.41 Å². The first-order valence-corrected chi connectivity index (χ1v) is 12.5. The van der Waals surface area contributed by atoms with Gasteiger partial charge in [0.05, 0.1) is 11.0 Å². The normalized spacial score (nSPS) is 24.0. The van der Waals surface area contributed by atoms with Gasteiger partial charge in [0.1, 0.15) is 5.75 Å². The maximum absolute atomic E-state index is 13.5. The first kappa shape index (κ1) is 25.6. The summed E-state index contributed by atoms with van der Waals surface area (Å²) in [5.74, 6) is 0.441. The molecule has 4 rings (SSSR count). The molecule has 190 valence electrons. The maximum atomic E-state index is 13.5. The van der Waals surface area contributed by atoms with Gasteiger partial charge in [0.15, 0.2) is 0 Å². The zero-order valence-corrected chi connectivity index (χ0v) is 20.6. The van der Waals surface area contributed by atoms with Crippen molar-refractivity contribution in [1.29, 1.82) is 0 Å². The van der Waals surface area contributed by atoms with Crippen molar-refractivity contribution in [2.75, 3.05) is 13.1 Å². The molecule has 35 heavy (non-hydrogen) atoms. The summed E-state index contributed by atoms with van der Waals surface area (Å²) in [7, 11) is 0. The number of benzene rings is 2. The average Bonchev–Trinajstić information content (AvgIpc) is 3.30. The van der Waals surface area contributed by atoms with Crippen LogP contribution >= 0.6 is 0 Å². The van der Waals surface area contributed by atoms with Gasteiger partial charge in [-0.2, -0.15) is 8.78 Å². The lowest BCUT2D eigenvalue weighted by Crippen LogP contribution is -2.53. The molecular weight excluding hydrogens is 450 g/mol. The molecule has 0 spiro atoms. The number of hydrogen-bond donors (Lipinski definition) is 2. The van der Waals surface area contributed by atoms with E-state index in [-0.39, 0.29) is 24.2 Å². The number of likely N-dealkylation sites (tertiary alicyclic amines) is 1. The highest BCUT2D eigenvalue weighted by molar-refractivity contribution is 5.84. The second kappa shape index (κ2) is 10.6. The summed E-state index contributed by atoms with van der Waals surface area (Å²) in [4.78, 5) is 16.0. The summed E-state index contributed by atoms with van der Waals surface area (Å²) in [5.41, 5.74) is -0.0217. The third-order valence-corrected chi connectivity index (χ3v) is 7.99. The Bertz CT molecular complexity index is 987. The first-order chi connectivity index (χ1) is 16.7. The van der Waals surface area contributed by atoms with E-state index in [4.69, 9.17) is 0 Å². The van der Waals surface area contributed by atoms with E-state index in [2.05, 4.69) is 39.2 Å². The molecule has 2 N–H and O–H groups in total. The predicted molar refractivity (Wildman–Crippen MR) is 131 cm³/mol. The Morgan fingerprint density at radius 2 is 1.86 bits per heavy atom. The number of nitrogens with one attached hydrogen (secondary N) is 1. The summed E-state index contributed by atoms with van der Waals surface area (Å²) in [6.07, 6.45) is 4.27.